The van der Waals surface area contributed by atoms with Gasteiger partial charge in [-0.25, -0.2) is 0 Å². The van der Waals surface area contributed by atoms with E-state index in [0.717, 1.165) is 83.5 Å². The zero-order chi connectivity index (χ0) is 52.0. The summed E-state index contributed by atoms with van der Waals surface area (Å²) in [6.07, 6.45) is 94.2. The molecule has 0 fully saturated rings. The molecule has 0 aliphatic carbocycles. The summed E-state index contributed by atoms with van der Waals surface area (Å²) in [6.45, 7) is 4.19. The standard InChI is InChI=1S/C68H119NO3/c1-3-5-7-9-11-13-15-17-19-21-23-25-27-29-31-33-34-36-37-39-41-43-45-47-49-51-53-55-57-59-61-63-67(71)66(65-70)69-68(72)64-62-60-58-56-54-52-50-48-46-44-42-40-38-35-32-30-28-26-24-22-20-18-16-14-12-10-8-6-4-2/h6,8,12,14,18,20,24,26,30,32,38,40,45,47,53,55,61,63,66-67,70-71H,3-5,7,9-11,13,15-17,19,21-23,25,27-29,31,33-37,39,41-44,46,48-52,54,56-60,62,64-65H2,1-2H3,(H,69,72)/b8-6-,14-12-,20-18-,26-24-,32-30-,40-38-,47-45+,55-53+,63-61+. The Balaban J connectivity index is 3.59. The van der Waals surface area contributed by atoms with Crippen molar-refractivity contribution < 1.29 is 15.0 Å². The van der Waals surface area contributed by atoms with Gasteiger partial charge in [-0.1, -0.05) is 303 Å². The number of aliphatic hydroxyl groups is 2. The second-order valence-electron chi connectivity index (χ2n) is 20.7. The van der Waals surface area contributed by atoms with Crippen LogP contribution in [-0.2, 0) is 4.79 Å². The molecule has 0 rings (SSSR count). The minimum absolute atomic E-state index is 0.0848. The van der Waals surface area contributed by atoms with Crippen molar-refractivity contribution in [3.05, 3.63) is 109 Å². The first-order valence-electron chi connectivity index (χ1n) is 31.1. The lowest BCUT2D eigenvalue weighted by atomic mass is 10.0. The number of hydrogen-bond acceptors (Lipinski definition) is 3. The maximum Gasteiger partial charge on any atom is 0.220 e. The van der Waals surface area contributed by atoms with Crippen molar-refractivity contribution in [3.63, 3.8) is 0 Å². The molecular formula is C68H119NO3. The van der Waals surface area contributed by atoms with E-state index < -0.39 is 12.1 Å². The van der Waals surface area contributed by atoms with Crippen molar-refractivity contribution in [1.82, 2.24) is 5.32 Å². The number of amides is 1. The summed E-state index contributed by atoms with van der Waals surface area (Å²) in [5.41, 5.74) is 0. The fourth-order valence-electron chi connectivity index (χ4n) is 9.04. The Labute approximate surface area is 448 Å². The minimum Gasteiger partial charge on any atom is -0.394 e. The van der Waals surface area contributed by atoms with Gasteiger partial charge in [0.15, 0.2) is 0 Å². The average molecular weight is 999 g/mol. The molecule has 414 valence electrons. The zero-order valence-electron chi connectivity index (χ0n) is 47.7. The van der Waals surface area contributed by atoms with E-state index in [1.54, 1.807) is 6.08 Å². The van der Waals surface area contributed by atoms with Crippen molar-refractivity contribution >= 4 is 5.91 Å². The highest BCUT2D eigenvalue weighted by atomic mass is 16.3. The highest BCUT2D eigenvalue weighted by Crippen LogP contribution is 2.17. The molecule has 0 bridgehead atoms. The van der Waals surface area contributed by atoms with Crippen LogP contribution in [0.15, 0.2) is 109 Å². The molecule has 2 atom stereocenters. The van der Waals surface area contributed by atoms with Gasteiger partial charge in [0.05, 0.1) is 18.8 Å². The van der Waals surface area contributed by atoms with Crippen LogP contribution in [0, 0.1) is 0 Å². The number of carbonyl (C=O) groups is 1. The Kier molecular flexibility index (Phi) is 59.8. The van der Waals surface area contributed by atoms with Gasteiger partial charge in [0.1, 0.15) is 0 Å². The fourth-order valence-corrected chi connectivity index (χ4v) is 9.04. The normalized spacial score (nSPS) is 13.6. The number of hydrogen-bond donors (Lipinski definition) is 3. The molecule has 0 saturated heterocycles. The van der Waals surface area contributed by atoms with Gasteiger partial charge in [0, 0.05) is 6.42 Å². The Bertz CT molecular complexity index is 1360. The first-order chi connectivity index (χ1) is 35.7. The number of carbonyl (C=O) groups excluding carboxylic acids is 1. The Morgan fingerprint density at radius 1 is 0.347 bits per heavy atom. The molecule has 0 aromatic rings. The lowest BCUT2D eigenvalue weighted by molar-refractivity contribution is -0.123. The molecule has 4 nitrogen and oxygen atoms in total. The van der Waals surface area contributed by atoms with Gasteiger partial charge in [0.25, 0.3) is 0 Å². The Morgan fingerprint density at radius 2 is 0.625 bits per heavy atom. The first-order valence-corrected chi connectivity index (χ1v) is 31.1. The van der Waals surface area contributed by atoms with E-state index in [1.165, 1.54) is 193 Å². The summed E-state index contributed by atoms with van der Waals surface area (Å²) in [7, 11) is 0. The third-order valence-electron chi connectivity index (χ3n) is 13.7. The molecule has 4 heteroatoms. The fraction of sp³-hybridized carbons (Fsp3) is 0.721. The average Bonchev–Trinajstić information content (AvgIpc) is 3.39. The highest BCUT2D eigenvalue weighted by Gasteiger charge is 2.18. The van der Waals surface area contributed by atoms with Gasteiger partial charge in [0.2, 0.25) is 5.91 Å². The monoisotopic (exact) mass is 998 g/mol. The molecule has 0 aromatic heterocycles. The summed E-state index contributed by atoms with van der Waals surface area (Å²) >= 11 is 0. The Hall–Kier alpha value is -2.95. The second kappa shape index (κ2) is 62.3. The van der Waals surface area contributed by atoms with Crippen LogP contribution in [0.3, 0.4) is 0 Å². The van der Waals surface area contributed by atoms with Gasteiger partial charge in [-0.3, -0.25) is 4.79 Å². The lowest BCUT2D eigenvalue weighted by Crippen LogP contribution is -2.45. The molecule has 0 spiro atoms. The van der Waals surface area contributed by atoms with E-state index in [0.29, 0.717) is 6.42 Å². The zero-order valence-corrected chi connectivity index (χ0v) is 47.7. The molecule has 1 amide bonds. The third-order valence-corrected chi connectivity index (χ3v) is 13.7. The number of unbranched alkanes of at least 4 members (excludes halogenated alkanes) is 33. The molecule has 0 aliphatic rings. The molecule has 0 heterocycles. The lowest BCUT2D eigenvalue weighted by Gasteiger charge is -2.19. The molecular weight excluding hydrogens is 879 g/mol. The minimum atomic E-state index is -0.881. The van der Waals surface area contributed by atoms with Crippen molar-refractivity contribution in [2.24, 2.45) is 0 Å². The van der Waals surface area contributed by atoms with Crippen LogP contribution in [-0.4, -0.2) is 34.9 Å². The predicted octanol–water partition coefficient (Wildman–Crippen LogP) is 21.0. The summed E-state index contributed by atoms with van der Waals surface area (Å²) in [5.74, 6) is -0.0848. The number of rotatable bonds is 56. The predicted molar refractivity (Wildman–Crippen MR) is 322 cm³/mol. The topological polar surface area (TPSA) is 69.6 Å². The maximum absolute atomic E-state index is 12.5. The van der Waals surface area contributed by atoms with Crippen molar-refractivity contribution in [3.8, 4) is 0 Å². The van der Waals surface area contributed by atoms with Crippen LogP contribution in [0.1, 0.15) is 296 Å². The van der Waals surface area contributed by atoms with Gasteiger partial charge in [-0.2, -0.15) is 0 Å². The van der Waals surface area contributed by atoms with Crippen molar-refractivity contribution in [2.75, 3.05) is 6.61 Å². The number of allylic oxidation sites excluding steroid dienone is 17. The van der Waals surface area contributed by atoms with Gasteiger partial charge < -0.3 is 15.5 Å². The van der Waals surface area contributed by atoms with Crippen LogP contribution >= 0.6 is 0 Å². The smallest absolute Gasteiger partial charge is 0.220 e. The molecule has 2 unspecified atom stereocenters. The van der Waals surface area contributed by atoms with Crippen LogP contribution in [0.4, 0.5) is 0 Å². The number of aliphatic hydroxyl groups excluding tert-OH is 2. The molecule has 0 aliphatic heterocycles. The quantitative estimate of drug-likeness (QED) is 0.0420. The third kappa shape index (κ3) is 57.9. The molecule has 0 saturated carbocycles. The second-order valence-corrected chi connectivity index (χ2v) is 20.7. The van der Waals surface area contributed by atoms with Crippen molar-refractivity contribution in [2.45, 2.75) is 309 Å². The van der Waals surface area contributed by atoms with Crippen LogP contribution in [0.2, 0.25) is 0 Å². The molecule has 0 radical (unpaired) electrons. The summed E-state index contributed by atoms with van der Waals surface area (Å²) < 4.78 is 0. The molecule has 3 N–H and O–H groups in total. The summed E-state index contributed by atoms with van der Waals surface area (Å²) in [5, 5.41) is 23.2. The molecule has 0 aromatic carbocycles. The van der Waals surface area contributed by atoms with E-state index in [2.05, 4.69) is 116 Å². The highest BCUT2D eigenvalue weighted by molar-refractivity contribution is 5.76. The largest absolute Gasteiger partial charge is 0.394 e. The van der Waals surface area contributed by atoms with Gasteiger partial charge >= 0.3 is 0 Å². The van der Waals surface area contributed by atoms with Gasteiger partial charge in [-0.05, 0) is 96.3 Å². The first kappa shape index (κ1) is 69.0. The van der Waals surface area contributed by atoms with Gasteiger partial charge in [-0.15, -0.1) is 0 Å². The number of nitrogens with one attached hydrogen (secondary N) is 1. The van der Waals surface area contributed by atoms with E-state index in [4.69, 9.17) is 0 Å². The van der Waals surface area contributed by atoms with E-state index in [9.17, 15) is 15.0 Å². The van der Waals surface area contributed by atoms with Crippen molar-refractivity contribution in [1.29, 1.82) is 0 Å². The maximum atomic E-state index is 12.5. The summed E-state index contributed by atoms with van der Waals surface area (Å²) in [6, 6.07) is -0.657. The Morgan fingerprint density at radius 3 is 0.972 bits per heavy atom. The van der Waals surface area contributed by atoms with Crippen LogP contribution in [0.5, 0.6) is 0 Å². The SMILES string of the molecule is CC/C=C\C/C=C\C/C=C\C/C=C\C/C=C\C/C=C\CCCCCCCCCCCCC(=O)NC(CO)C(O)/C=C/CC/C=C/CC/C=C/CCCCCCCCCCCCCCCCCCCCCCC. The van der Waals surface area contributed by atoms with E-state index >= 15 is 0 Å². The summed E-state index contributed by atoms with van der Waals surface area (Å²) in [4.78, 5) is 12.5. The molecule has 72 heavy (non-hydrogen) atoms. The van der Waals surface area contributed by atoms with E-state index in [-0.39, 0.29) is 12.5 Å². The van der Waals surface area contributed by atoms with Crippen LogP contribution < -0.4 is 5.32 Å². The van der Waals surface area contributed by atoms with Crippen LogP contribution in [0.25, 0.3) is 0 Å². The van der Waals surface area contributed by atoms with E-state index in [1.807, 2.05) is 6.08 Å².